The average Bonchev–Trinajstić information content (AvgIpc) is 3.23. The van der Waals surface area contributed by atoms with Gasteiger partial charge in [-0.15, -0.1) is 5.10 Å². The molecule has 1 N–H and O–H groups in total. The van der Waals surface area contributed by atoms with Gasteiger partial charge in [0.1, 0.15) is 0 Å². The summed E-state index contributed by atoms with van der Waals surface area (Å²) in [7, 11) is 0. The standard InChI is InChI=1S/C21H26N6O/c22-16-21(18-6-2-1-3-7-18)8-11-26(12-9-21)20(28)19-15-27(25-24-19)14-17-5-4-10-23-13-17/h1-3,6-7,15,17,23H,4-5,8-14H2. The lowest BCUT2D eigenvalue weighted by atomic mass is 9.74. The van der Waals surface area contributed by atoms with Crippen molar-refractivity contribution in [3.8, 4) is 6.07 Å². The first-order valence-electron chi connectivity index (χ1n) is 10.1. The van der Waals surface area contributed by atoms with Gasteiger partial charge in [-0.2, -0.15) is 5.26 Å². The largest absolute Gasteiger partial charge is 0.337 e. The summed E-state index contributed by atoms with van der Waals surface area (Å²) in [5.41, 5.74) is 0.925. The Morgan fingerprint density at radius 2 is 2.07 bits per heavy atom. The molecule has 0 bridgehead atoms. The topological polar surface area (TPSA) is 86.8 Å². The molecular weight excluding hydrogens is 352 g/mol. The van der Waals surface area contributed by atoms with Gasteiger partial charge in [0.05, 0.1) is 17.7 Å². The van der Waals surface area contributed by atoms with Gasteiger partial charge in [0.2, 0.25) is 0 Å². The Morgan fingerprint density at radius 3 is 2.75 bits per heavy atom. The lowest BCUT2D eigenvalue weighted by molar-refractivity contribution is 0.0686. The second-order valence-electron chi connectivity index (χ2n) is 7.89. The molecule has 4 rings (SSSR count). The zero-order valence-electron chi connectivity index (χ0n) is 16.0. The SMILES string of the molecule is N#CC1(c2ccccc2)CCN(C(=O)c2cn(CC3CCCNC3)nn2)CC1. The van der Waals surface area contributed by atoms with Crippen LogP contribution in [0, 0.1) is 17.2 Å². The smallest absolute Gasteiger partial charge is 0.276 e. The van der Waals surface area contributed by atoms with E-state index in [4.69, 9.17) is 0 Å². The van der Waals surface area contributed by atoms with E-state index in [9.17, 15) is 10.1 Å². The highest BCUT2D eigenvalue weighted by molar-refractivity contribution is 5.92. The second kappa shape index (κ2) is 8.11. The van der Waals surface area contributed by atoms with Crippen LogP contribution in [0.3, 0.4) is 0 Å². The van der Waals surface area contributed by atoms with Crippen molar-refractivity contribution < 1.29 is 4.79 Å². The number of carbonyl (C=O) groups is 1. The fourth-order valence-electron chi connectivity index (χ4n) is 4.31. The van der Waals surface area contributed by atoms with Gasteiger partial charge in [-0.1, -0.05) is 35.5 Å². The average molecular weight is 378 g/mol. The fraction of sp³-hybridized carbons (Fsp3) is 0.524. The highest BCUT2D eigenvalue weighted by Crippen LogP contribution is 2.35. The summed E-state index contributed by atoms with van der Waals surface area (Å²) in [5.74, 6) is 0.447. The Bertz CT molecular complexity index is 841. The second-order valence-corrected chi connectivity index (χ2v) is 7.89. The Hall–Kier alpha value is -2.72. The van der Waals surface area contributed by atoms with Crippen molar-refractivity contribution in [2.45, 2.75) is 37.6 Å². The van der Waals surface area contributed by atoms with Crippen molar-refractivity contribution in [1.29, 1.82) is 5.26 Å². The third kappa shape index (κ3) is 3.78. The fourth-order valence-corrected chi connectivity index (χ4v) is 4.31. The number of hydrogen-bond donors (Lipinski definition) is 1. The number of benzene rings is 1. The van der Waals surface area contributed by atoms with E-state index in [2.05, 4.69) is 21.7 Å². The van der Waals surface area contributed by atoms with Gasteiger partial charge in [0.25, 0.3) is 5.91 Å². The molecule has 2 fully saturated rings. The summed E-state index contributed by atoms with van der Waals surface area (Å²) < 4.78 is 1.79. The van der Waals surface area contributed by atoms with Crippen LogP contribution < -0.4 is 5.32 Å². The van der Waals surface area contributed by atoms with Crippen molar-refractivity contribution in [3.63, 3.8) is 0 Å². The van der Waals surface area contributed by atoms with E-state index in [0.717, 1.165) is 25.2 Å². The molecule has 7 nitrogen and oxygen atoms in total. The van der Waals surface area contributed by atoms with Gasteiger partial charge in [0.15, 0.2) is 5.69 Å². The minimum absolute atomic E-state index is 0.0902. The molecule has 1 aromatic carbocycles. The molecule has 1 amide bonds. The first-order valence-corrected chi connectivity index (χ1v) is 10.1. The van der Waals surface area contributed by atoms with Crippen LogP contribution in [-0.2, 0) is 12.0 Å². The molecule has 2 aliphatic heterocycles. The number of likely N-dealkylation sites (tertiary alicyclic amines) is 1. The summed E-state index contributed by atoms with van der Waals surface area (Å²) >= 11 is 0. The first kappa shape index (κ1) is 18.6. The van der Waals surface area contributed by atoms with E-state index in [0.29, 0.717) is 37.5 Å². The van der Waals surface area contributed by atoms with Crippen LogP contribution in [0.5, 0.6) is 0 Å². The van der Waals surface area contributed by atoms with Crippen LogP contribution in [0.25, 0.3) is 0 Å². The van der Waals surface area contributed by atoms with Gasteiger partial charge in [-0.3, -0.25) is 9.48 Å². The number of hydrogen-bond acceptors (Lipinski definition) is 5. The molecule has 0 aliphatic carbocycles. The zero-order chi connectivity index (χ0) is 19.4. The number of amides is 1. The maximum Gasteiger partial charge on any atom is 0.276 e. The minimum Gasteiger partial charge on any atom is -0.337 e. The maximum atomic E-state index is 12.9. The number of piperidine rings is 2. The Kier molecular flexibility index (Phi) is 5.40. The highest BCUT2D eigenvalue weighted by Gasteiger charge is 2.38. The van der Waals surface area contributed by atoms with E-state index in [-0.39, 0.29) is 5.91 Å². The predicted octanol–water partition coefficient (Wildman–Crippen LogP) is 1.98. The third-order valence-electron chi connectivity index (χ3n) is 6.05. The lowest BCUT2D eigenvalue weighted by Crippen LogP contribution is -2.44. The van der Waals surface area contributed by atoms with Gasteiger partial charge >= 0.3 is 0 Å². The van der Waals surface area contributed by atoms with Crippen molar-refractivity contribution in [2.75, 3.05) is 26.2 Å². The molecule has 1 aromatic heterocycles. The minimum atomic E-state index is -0.510. The quantitative estimate of drug-likeness (QED) is 0.879. The van der Waals surface area contributed by atoms with Gasteiger partial charge in [0, 0.05) is 19.6 Å². The van der Waals surface area contributed by atoms with Gasteiger partial charge < -0.3 is 10.2 Å². The van der Waals surface area contributed by atoms with E-state index in [1.807, 2.05) is 30.3 Å². The molecule has 2 aromatic rings. The number of nitrogens with zero attached hydrogens (tertiary/aromatic N) is 5. The molecule has 1 atom stereocenters. The number of rotatable bonds is 4. The Morgan fingerprint density at radius 1 is 1.29 bits per heavy atom. The zero-order valence-corrected chi connectivity index (χ0v) is 16.0. The van der Waals surface area contributed by atoms with Crippen molar-refractivity contribution in [1.82, 2.24) is 25.2 Å². The predicted molar refractivity (Wildman–Crippen MR) is 104 cm³/mol. The normalized spacial score (nSPS) is 21.8. The number of carbonyl (C=O) groups excluding carboxylic acids is 1. The third-order valence-corrected chi connectivity index (χ3v) is 6.05. The summed E-state index contributed by atoms with van der Waals surface area (Å²) in [6.07, 6.45) is 5.40. The molecule has 7 heteroatoms. The van der Waals surface area contributed by atoms with E-state index in [1.54, 1.807) is 15.8 Å². The molecule has 0 saturated carbocycles. The van der Waals surface area contributed by atoms with Crippen molar-refractivity contribution in [3.05, 3.63) is 47.8 Å². The van der Waals surface area contributed by atoms with Crippen LogP contribution >= 0.6 is 0 Å². The molecule has 0 radical (unpaired) electrons. The van der Waals surface area contributed by atoms with Crippen molar-refractivity contribution >= 4 is 5.91 Å². The lowest BCUT2D eigenvalue weighted by Gasteiger charge is -2.37. The van der Waals surface area contributed by atoms with Gasteiger partial charge in [-0.25, -0.2) is 0 Å². The summed E-state index contributed by atoms with van der Waals surface area (Å²) in [6.45, 7) is 3.98. The first-order chi connectivity index (χ1) is 13.7. The number of nitriles is 1. The number of aromatic nitrogens is 3. The molecule has 1 unspecified atom stereocenters. The Labute approximate surface area is 165 Å². The van der Waals surface area contributed by atoms with Crippen LogP contribution in [0.2, 0.25) is 0 Å². The van der Waals surface area contributed by atoms with Crippen molar-refractivity contribution in [2.24, 2.45) is 5.92 Å². The van der Waals surface area contributed by atoms with E-state index in [1.165, 1.54) is 12.8 Å². The monoisotopic (exact) mass is 378 g/mol. The van der Waals surface area contributed by atoms with Crippen LogP contribution in [0.4, 0.5) is 0 Å². The molecule has 28 heavy (non-hydrogen) atoms. The molecular formula is C21H26N6O. The van der Waals surface area contributed by atoms with Crippen LogP contribution in [0.1, 0.15) is 41.7 Å². The maximum absolute atomic E-state index is 12.9. The summed E-state index contributed by atoms with van der Waals surface area (Å²) in [5, 5.41) is 21.5. The molecule has 3 heterocycles. The van der Waals surface area contributed by atoms with E-state index >= 15 is 0 Å². The molecule has 0 spiro atoms. The summed E-state index contributed by atoms with van der Waals surface area (Å²) in [4.78, 5) is 14.7. The van der Waals surface area contributed by atoms with Crippen LogP contribution in [0.15, 0.2) is 36.5 Å². The molecule has 2 aliphatic rings. The molecule has 146 valence electrons. The van der Waals surface area contributed by atoms with Gasteiger partial charge in [-0.05, 0) is 50.3 Å². The van der Waals surface area contributed by atoms with Crippen LogP contribution in [-0.4, -0.2) is 52.0 Å². The highest BCUT2D eigenvalue weighted by atomic mass is 16.2. The van der Waals surface area contributed by atoms with E-state index < -0.39 is 5.41 Å². The summed E-state index contributed by atoms with van der Waals surface area (Å²) in [6, 6.07) is 12.4. The Balaban J connectivity index is 1.38. The number of nitrogens with one attached hydrogen (secondary N) is 1. The molecule has 2 saturated heterocycles.